The lowest BCUT2D eigenvalue weighted by molar-refractivity contribution is 0.332. The van der Waals surface area contributed by atoms with Crippen molar-refractivity contribution in [3.63, 3.8) is 0 Å². The van der Waals surface area contributed by atoms with Gasteiger partial charge < -0.3 is 9.13 Å². The summed E-state index contributed by atoms with van der Waals surface area (Å²) in [5.74, 6) is 4.34. The molecule has 0 saturated heterocycles. The summed E-state index contributed by atoms with van der Waals surface area (Å²) < 4.78 is 5.10. The molecule has 0 fully saturated rings. The Bertz CT molecular complexity index is 6510. The van der Waals surface area contributed by atoms with E-state index in [0.717, 1.165) is 83.7 Å². The molecule has 0 saturated carbocycles. The van der Waals surface area contributed by atoms with E-state index in [4.69, 9.17) is 29.9 Å². The fourth-order valence-electron chi connectivity index (χ4n) is 19.6. The Morgan fingerprint density at radius 3 is 1.67 bits per heavy atom. The molecule has 109 heavy (non-hydrogen) atoms. The number of fused-ring (bicyclic) bond motifs is 16. The average Bonchev–Trinajstić information content (AvgIpc) is 1.62. The molecular weight excluding hydrogens is 1330 g/mol. The van der Waals surface area contributed by atoms with E-state index in [1.807, 2.05) is 36.4 Å². The Morgan fingerprint density at radius 2 is 0.945 bits per heavy atom. The van der Waals surface area contributed by atoms with Crippen molar-refractivity contribution in [3.8, 4) is 51.2 Å². The number of hydrogen-bond donors (Lipinski definition) is 0. The zero-order valence-electron chi connectivity index (χ0n) is 62.8. The third-order valence-electron chi connectivity index (χ3n) is 25.8. The van der Waals surface area contributed by atoms with Crippen molar-refractivity contribution >= 4 is 82.0 Å². The van der Waals surface area contributed by atoms with E-state index in [1.165, 1.54) is 127 Å². The third kappa shape index (κ3) is 10.5. The van der Waals surface area contributed by atoms with Crippen LogP contribution in [0.2, 0.25) is 0 Å². The summed E-state index contributed by atoms with van der Waals surface area (Å²) in [4.78, 5) is 32.0. The molecule has 4 unspecified atom stereocenters. The van der Waals surface area contributed by atoms with Gasteiger partial charge >= 0.3 is 0 Å². The first-order chi connectivity index (χ1) is 53.1. The molecule has 4 atom stereocenters. The normalized spacial score (nSPS) is 20.2. The van der Waals surface area contributed by atoms with Gasteiger partial charge in [-0.05, 0) is 194 Å². The second-order valence-corrected chi connectivity index (χ2v) is 33.7. The van der Waals surface area contributed by atoms with Crippen LogP contribution in [0.15, 0.2) is 290 Å². The van der Waals surface area contributed by atoms with Gasteiger partial charge in [0.2, 0.25) is 0 Å². The SMILES string of the molecule is CC1(C)CCC(C)(C)c2cc3c(cc21)c1c2ccccc2ccc1n3C1=CC(c2nc(-c3ccccc3)nc(C3C=CC4=C(C3)c3ccccc3C3C=C(C5(C)CCC(C)(C)c6cc7c8cc9ccccc9cc8n(-c8cccc(-c9nc(-c%10ccccc%10)nc(-c%10ccccc%10)n9)c8)c7cc65)C=CC43)n2)=CCC1. The first kappa shape index (κ1) is 65.3. The quantitative estimate of drug-likeness (QED) is 0.143. The number of nitrogens with zero attached hydrogens (tertiary/aromatic N) is 8. The first-order valence-electron chi connectivity index (χ1n) is 39.2. The van der Waals surface area contributed by atoms with Crippen LogP contribution in [0.4, 0.5) is 0 Å². The van der Waals surface area contributed by atoms with Gasteiger partial charge in [-0.1, -0.05) is 267 Å². The van der Waals surface area contributed by atoms with Crippen molar-refractivity contribution in [3.05, 3.63) is 335 Å². The van der Waals surface area contributed by atoms with Gasteiger partial charge in [-0.2, -0.15) is 0 Å². The smallest absolute Gasteiger partial charge is 0.164 e. The predicted octanol–water partition coefficient (Wildman–Crippen LogP) is 25.0. The van der Waals surface area contributed by atoms with Crippen LogP contribution in [0.3, 0.4) is 0 Å². The minimum atomic E-state index is -0.304. The number of allylic oxidation sites excluding steroid dienone is 12. The predicted molar refractivity (Wildman–Crippen MR) is 450 cm³/mol. The molecule has 0 radical (unpaired) electrons. The Labute approximate surface area is 636 Å². The highest BCUT2D eigenvalue weighted by Crippen LogP contribution is 2.58. The van der Waals surface area contributed by atoms with Crippen LogP contribution in [0.5, 0.6) is 0 Å². The molecule has 6 aliphatic carbocycles. The first-order valence-corrected chi connectivity index (χ1v) is 39.2. The van der Waals surface area contributed by atoms with Crippen LogP contribution in [-0.4, -0.2) is 39.0 Å². The molecule has 6 aliphatic rings. The molecule has 8 heteroatoms. The molecule has 21 rings (SSSR count). The van der Waals surface area contributed by atoms with Gasteiger partial charge in [-0.3, -0.25) is 0 Å². The van der Waals surface area contributed by atoms with Crippen LogP contribution in [0.1, 0.15) is 150 Å². The minimum Gasteiger partial charge on any atom is -0.313 e. The van der Waals surface area contributed by atoms with Crippen LogP contribution < -0.4 is 0 Å². The lowest BCUT2D eigenvalue weighted by Gasteiger charge is -2.46. The van der Waals surface area contributed by atoms with E-state index in [9.17, 15) is 0 Å². The van der Waals surface area contributed by atoms with Crippen molar-refractivity contribution in [1.82, 2.24) is 39.0 Å². The van der Waals surface area contributed by atoms with Crippen molar-refractivity contribution in [2.24, 2.45) is 5.92 Å². The van der Waals surface area contributed by atoms with Gasteiger partial charge in [0.1, 0.15) is 5.82 Å². The molecule has 4 heterocycles. The van der Waals surface area contributed by atoms with Crippen LogP contribution in [-0.2, 0) is 21.7 Å². The Morgan fingerprint density at radius 1 is 0.394 bits per heavy atom. The lowest BCUT2D eigenvalue weighted by Crippen LogP contribution is -2.38. The molecule has 11 aromatic carbocycles. The highest BCUT2D eigenvalue weighted by atomic mass is 15.1. The molecule has 0 bridgehead atoms. The second kappa shape index (κ2) is 24.5. The highest BCUT2D eigenvalue weighted by Gasteiger charge is 2.46. The van der Waals surface area contributed by atoms with Gasteiger partial charge in [0.05, 0.1) is 22.1 Å². The Hall–Kier alpha value is -12.0. The van der Waals surface area contributed by atoms with Crippen LogP contribution in [0, 0.1) is 5.92 Å². The van der Waals surface area contributed by atoms with Crippen molar-refractivity contribution in [2.75, 3.05) is 0 Å². The molecule has 528 valence electrons. The van der Waals surface area contributed by atoms with Crippen LogP contribution in [0.25, 0.3) is 133 Å². The zero-order valence-corrected chi connectivity index (χ0v) is 62.8. The fourth-order valence-corrected chi connectivity index (χ4v) is 19.6. The second-order valence-electron chi connectivity index (χ2n) is 33.7. The number of rotatable bonds is 9. The summed E-state index contributed by atoms with van der Waals surface area (Å²) in [5, 5.41) is 10.1. The summed E-state index contributed by atoms with van der Waals surface area (Å²) in [6.07, 6.45) is 24.3. The summed E-state index contributed by atoms with van der Waals surface area (Å²) in [7, 11) is 0. The standard InChI is InChI=1S/C101H84N8/c1-98(2)47-48-99(3,4)85-59-90-82(58-83(85)98)91-73-38-20-19-25-61(73)42-46-87(91)108(90)71-36-23-34-67(51-71)96-105-94(64-30-15-10-16-31-64)106-97(107-96)69-41-44-76-77-45-43-70(56-79(77)75-40-22-21-39-74(75)78(76)54-69)101(7)50-49-100(5,6)84-57-81-80-53-65-32-17-18-33-66(65)55-88(80)109(89(81)60-86(84)101)72-37-24-35-68(52-72)95-103-92(62-26-11-8-12-27-62)102-93(104-95)63-28-13-9-14-29-63/h8-22,24-35,37-46,51-53,55-60,69,77,79H,23,36,47-50,54H2,1-7H3. The molecule has 0 aliphatic heterocycles. The maximum atomic E-state index is 5.61. The van der Waals surface area contributed by atoms with E-state index in [1.54, 1.807) is 0 Å². The van der Waals surface area contributed by atoms with Gasteiger partial charge in [-0.25, -0.2) is 29.9 Å². The van der Waals surface area contributed by atoms with Gasteiger partial charge in [-0.15, -0.1) is 0 Å². The number of hydrogen-bond acceptors (Lipinski definition) is 6. The Kier molecular flexibility index (Phi) is 14.7. The van der Waals surface area contributed by atoms with E-state index >= 15 is 0 Å². The molecule has 8 nitrogen and oxygen atoms in total. The molecule has 0 amide bonds. The molecule has 15 aromatic rings. The van der Waals surface area contributed by atoms with Crippen molar-refractivity contribution in [2.45, 2.75) is 127 Å². The van der Waals surface area contributed by atoms with Gasteiger partial charge in [0, 0.05) is 83.9 Å². The molecule has 0 spiro atoms. The van der Waals surface area contributed by atoms with E-state index in [2.05, 4.69) is 300 Å². The summed E-state index contributed by atoms with van der Waals surface area (Å²) in [5.41, 5.74) is 24.4. The minimum absolute atomic E-state index is 0.0555. The van der Waals surface area contributed by atoms with Gasteiger partial charge in [0.15, 0.2) is 29.1 Å². The van der Waals surface area contributed by atoms with Gasteiger partial charge in [0.25, 0.3) is 0 Å². The average molecular weight is 1410 g/mol. The maximum Gasteiger partial charge on any atom is 0.164 e. The van der Waals surface area contributed by atoms with E-state index in [0.29, 0.717) is 23.3 Å². The topological polar surface area (TPSA) is 87.2 Å². The summed E-state index contributed by atoms with van der Waals surface area (Å²) in [6.45, 7) is 17.3. The van der Waals surface area contributed by atoms with Crippen molar-refractivity contribution in [1.29, 1.82) is 0 Å². The van der Waals surface area contributed by atoms with Crippen molar-refractivity contribution < 1.29 is 0 Å². The molecular formula is C101H84N8. The maximum absolute atomic E-state index is 5.61. The number of benzene rings is 11. The lowest BCUT2D eigenvalue weighted by atomic mass is 9.57. The van der Waals surface area contributed by atoms with E-state index < -0.39 is 0 Å². The zero-order chi connectivity index (χ0) is 73.2. The molecule has 4 aromatic heterocycles. The Balaban J connectivity index is 0.649. The van der Waals surface area contributed by atoms with Crippen LogP contribution >= 0.6 is 0 Å². The summed E-state index contributed by atoms with van der Waals surface area (Å²) in [6, 6.07) is 86.6. The fraction of sp³-hybridized carbons (Fsp3) is 0.208. The largest absolute Gasteiger partial charge is 0.313 e. The highest BCUT2D eigenvalue weighted by molar-refractivity contribution is 6.22. The number of aromatic nitrogens is 8. The monoisotopic (exact) mass is 1410 g/mol. The molecule has 0 N–H and O–H groups in total. The third-order valence-corrected chi connectivity index (χ3v) is 25.8. The summed E-state index contributed by atoms with van der Waals surface area (Å²) >= 11 is 0. The van der Waals surface area contributed by atoms with E-state index in [-0.39, 0.29) is 39.4 Å².